The second-order valence-electron chi connectivity index (χ2n) is 5.35. The highest BCUT2D eigenvalue weighted by Gasteiger charge is 2.26. The third-order valence-electron chi connectivity index (χ3n) is 4.00. The van der Waals surface area contributed by atoms with Crippen molar-refractivity contribution >= 4 is 11.8 Å². The molecular weight excluding hydrogens is 266 g/mol. The largest absolute Gasteiger partial charge is 0.476 e. The summed E-state index contributed by atoms with van der Waals surface area (Å²) >= 11 is 0. The molecule has 0 amide bonds. The lowest BCUT2D eigenvalue weighted by Gasteiger charge is -2.18. The fourth-order valence-electron chi connectivity index (χ4n) is 2.86. The molecule has 5 heteroatoms. The van der Waals surface area contributed by atoms with Crippen LogP contribution in [0.1, 0.15) is 34.0 Å². The zero-order chi connectivity index (χ0) is 14.8. The minimum atomic E-state index is -1.05. The minimum Gasteiger partial charge on any atom is -0.476 e. The van der Waals surface area contributed by atoms with Crippen molar-refractivity contribution in [3.8, 4) is 0 Å². The van der Waals surface area contributed by atoms with Crippen molar-refractivity contribution in [3.05, 3.63) is 53.5 Å². The fraction of sp³-hybridized carbons (Fsp3) is 0.312. The van der Waals surface area contributed by atoms with E-state index in [4.69, 9.17) is 5.11 Å². The van der Waals surface area contributed by atoms with E-state index in [1.165, 1.54) is 17.3 Å². The molecule has 3 rings (SSSR count). The van der Waals surface area contributed by atoms with Gasteiger partial charge in [0.1, 0.15) is 5.82 Å². The lowest BCUT2D eigenvalue weighted by atomic mass is 9.94. The quantitative estimate of drug-likeness (QED) is 0.937. The van der Waals surface area contributed by atoms with Crippen LogP contribution in [-0.4, -0.2) is 34.1 Å². The van der Waals surface area contributed by atoms with E-state index < -0.39 is 5.97 Å². The van der Waals surface area contributed by atoms with Gasteiger partial charge in [0.15, 0.2) is 5.69 Å². The Balaban J connectivity index is 1.75. The van der Waals surface area contributed by atoms with Crippen molar-refractivity contribution in [1.82, 2.24) is 9.97 Å². The first-order valence-corrected chi connectivity index (χ1v) is 7.01. The molecule has 0 spiro atoms. The number of benzene rings is 1. The first-order chi connectivity index (χ1) is 10.1. The molecule has 1 fully saturated rings. The Labute approximate surface area is 123 Å². The maximum absolute atomic E-state index is 10.8. The molecule has 0 radical (unpaired) electrons. The Morgan fingerprint density at radius 2 is 2.10 bits per heavy atom. The number of rotatable bonds is 3. The smallest absolute Gasteiger partial charge is 0.356 e. The molecule has 0 bridgehead atoms. The second-order valence-corrected chi connectivity index (χ2v) is 5.35. The van der Waals surface area contributed by atoms with Crippen LogP contribution in [0.4, 0.5) is 5.82 Å². The van der Waals surface area contributed by atoms with E-state index in [2.05, 4.69) is 46.1 Å². The summed E-state index contributed by atoms with van der Waals surface area (Å²) in [5, 5.41) is 8.85. The highest BCUT2D eigenvalue weighted by molar-refractivity contribution is 5.84. The van der Waals surface area contributed by atoms with Crippen LogP contribution >= 0.6 is 0 Å². The number of anilines is 1. The van der Waals surface area contributed by atoms with Crippen LogP contribution < -0.4 is 4.90 Å². The molecule has 1 aromatic heterocycles. The van der Waals surface area contributed by atoms with Gasteiger partial charge in [-0.1, -0.05) is 24.3 Å². The average Bonchev–Trinajstić information content (AvgIpc) is 2.97. The van der Waals surface area contributed by atoms with E-state index in [1.807, 2.05) is 0 Å². The molecule has 1 aliphatic rings. The van der Waals surface area contributed by atoms with E-state index >= 15 is 0 Å². The summed E-state index contributed by atoms with van der Waals surface area (Å²) in [6.45, 7) is 3.95. The molecule has 1 aromatic carbocycles. The number of aryl methyl sites for hydroxylation is 1. The Hall–Kier alpha value is -2.43. The summed E-state index contributed by atoms with van der Waals surface area (Å²) in [7, 11) is 0. The van der Waals surface area contributed by atoms with Gasteiger partial charge in [-0.05, 0) is 24.5 Å². The number of aromatic nitrogens is 2. The predicted octanol–water partition coefficient (Wildman–Crippen LogP) is 2.48. The SMILES string of the molecule is Cc1ccccc1C1CCN(c2cnc(C(=O)O)cn2)C1. The Morgan fingerprint density at radius 3 is 2.76 bits per heavy atom. The Kier molecular flexibility index (Phi) is 3.56. The van der Waals surface area contributed by atoms with Crippen molar-refractivity contribution in [2.24, 2.45) is 0 Å². The van der Waals surface area contributed by atoms with E-state index in [0.717, 1.165) is 25.3 Å². The fourth-order valence-corrected chi connectivity index (χ4v) is 2.86. The molecule has 0 saturated carbocycles. The van der Waals surface area contributed by atoms with E-state index in [-0.39, 0.29) is 5.69 Å². The maximum Gasteiger partial charge on any atom is 0.356 e. The highest BCUT2D eigenvalue weighted by atomic mass is 16.4. The molecule has 1 saturated heterocycles. The first kappa shape index (κ1) is 13.5. The van der Waals surface area contributed by atoms with Gasteiger partial charge < -0.3 is 10.0 Å². The van der Waals surface area contributed by atoms with Crippen molar-refractivity contribution in [1.29, 1.82) is 0 Å². The average molecular weight is 283 g/mol. The molecule has 1 atom stereocenters. The topological polar surface area (TPSA) is 66.3 Å². The summed E-state index contributed by atoms with van der Waals surface area (Å²) in [4.78, 5) is 21.1. The lowest BCUT2D eigenvalue weighted by Crippen LogP contribution is -2.21. The van der Waals surface area contributed by atoms with Gasteiger partial charge in [-0.15, -0.1) is 0 Å². The van der Waals surface area contributed by atoms with Gasteiger partial charge in [-0.3, -0.25) is 0 Å². The van der Waals surface area contributed by atoms with Gasteiger partial charge in [-0.2, -0.15) is 0 Å². The third kappa shape index (κ3) is 2.72. The van der Waals surface area contributed by atoms with E-state index in [1.54, 1.807) is 6.20 Å². The molecule has 108 valence electrons. The van der Waals surface area contributed by atoms with Gasteiger partial charge in [-0.25, -0.2) is 14.8 Å². The molecule has 1 unspecified atom stereocenters. The predicted molar refractivity (Wildman–Crippen MR) is 79.7 cm³/mol. The number of aromatic carboxylic acids is 1. The molecule has 5 nitrogen and oxygen atoms in total. The van der Waals surface area contributed by atoms with Crippen molar-refractivity contribution in [3.63, 3.8) is 0 Å². The van der Waals surface area contributed by atoms with Crippen molar-refractivity contribution in [2.45, 2.75) is 19.3 Å². The van der Waals surface area contributed by atoms with Crippen molar-refractivity contribution < 1.29 is 9.90 Å². The maximum atomic E-state index is 10.8. The van der Waals surface area contributed by atoms with Gasteiger partial charge in [0.2, 0.25) is 0 Å². The highest BCUT2D eigenvalue weighted by Crippen LogP contribution is 2.31. The number of hydrogen-bond acceptors (Lipinski definition) is 4. The number of hydrogen-bond donors (Lipinski definition) is 1. The van der Waals surface area contributed by atoms with Crippen LogP contribution in [0.3, 0.4) is 0 Å². The number of carboxylic acid groups (broad SMARTS) is 1. The van der Waals surface area contributed by atoms with Gasteiger partial charge in [0.05, 0.1) is 12.4 Å². The monoisotopic (exact) mass is 283 g/mol. The van der Waals surface area contributed by atoms with Crippen LogP contribution in [0.2, 0.25) is 0 Å². The molecule has 1 N–H and O–H groups in total. The van der Waals surface area contributed by atoms with Crippen molar-refractivity contribution in [2.75, 3.05) is 18.0 Å². The summed E-state index contributed by atoms with van der Waals surface area (Å²) in [6.07, 6.45) is 3.94. The molecule has 1 aliphatic heterocycles. The summed E-state index contributed by atoms with van der Waals surface area (Å²) in [5.74, 6) is 0.191. The summed E-state index contributed by atoms with van der Waals surface area (Å²) in [5.41, 5.74) is 2.68. The number of carbonyl (C=O) groups is 1. The normalized spacial score (nSPS) is 18.0. The number of carboxylic acids is 1. The van der Waals surface area contributed by atoms with Crippen LogP contribution in [0.25, 0.3) is 0 Å². The molecule has 2 heterocycles. The first-order valence-electron chi connectivity index (χ1n) is 7.01. The van der Waals surface area contributed by atoms with Crippen LogP contribution in [0.15, 0.2) is 36.7 Å². The standard InChI is InChI=1S/C16H17N3O2/c1-11-4-2-3-5-13(11)12-6-7-19(10-12)15-9-17-14(8-18-15)16(20)21/h2-5,8-9,12H,6-7,10H2,1H3,(H,20,21). The summed E-state index contributed by atoms with van der Waals surface area (Å²) < 4.78 is 0. The molecule has 0 aliphatic carbocycles. The van der Waals surface area contributed by atoms with Crippen LogP contribution in [0.5, 0.6) is 0 Å². The van der Waals surface area contributed by atoms with Gasteiger partial charge in [0, 0.05) is 19.0 Å². The lowest BCUT2D eigenvalue weighted by molar-refractivity contribution is 0.0690. The minimum absolute atomic E-state index is 0.0200. The molecular formula is C16H17N3O2. The zero-order valence-corrected chi connectivity index (χ0v) is 11.9. The van der Waals surface area contributed by atoms with Crippen LogP contribution in [-0.2, 0) is 0 Å². The van der Waals surface area contributed by atoms with Crippen LogP contribution in [0, 0.1) is 6.92 Å². The third-order valence-corrected chi connectivity index (χ3v) is 4.00. The van der Waals surface area contributed by atoms with E-state index in [0.29, 0.717) is 5.92 Å². The summed E-state index contributed by atoms with van der Waals surface area (Å²) in [6, 6.07) is 8.45. The molecule has 2 aromatic rings. The Bertz CT molecular complexity index is 655. The molecule has 21 heavy (non-hydrogen) atoms. The number of nitrogens with zero attached hydrogens (tertiary/aromatic N) is 3. The Morgan fingerprint density at radius 1 is 1.29 bits per heavy atom. The van der Waals surface area contributed by atoms with E-state index in [9.17, 15) is 4.79 Å². The van der Waals surface area contributed by atoms with Gasteiger partial charge in [0.25, 0.3) is 0 Å². The van der Waals surface area contributed by atoms with Gasteiger partial charge >= 0.3 is 5.97 Å². The zero-order valence-electron chi connectivity index (χ0n) is 11.9. The second kappa shape index (κ2) is 5.52.